The maximum absolute atomic E-state index is 11.2. The largest absolute Gasteiger partial charge is 0.481 e. The van der Waals surface area contributed by atoms with Crippen molar-refractivity contribution in [2.24, 2.45) is 0 Å². The molecule has 0 saturated carbocycles. The average Bonchev–Trinajstić information content (AvgIpc) is 2.92. The van der Waals surface area contributed by atoms with Crippen molar-refractivity contribution in [2.45, 2.75) is 6.42 Å². The summed E-state index contributed by atoms with van der Waals surface area (Å²) in [7, 11) is 0. The quantitative estimate of drug-likeness (QED) is 0.618. The van der Waals surface area contributed by atoms with Crippen molar-refractivity contribution in [3.05, 3.63) is 62.9 Å². The number of carbonyl (C=O) groups is 1. The minimum absolute atomic E-state index is 0.0450. The summed E-state index contributed by atoms with van der Waals surface area (Å²) >= 11 is 10.7. The fourth-order valence-electron chi connectivity index (χ4n) is 2.16. The van der Waals surface area contributed by atoms with E-state index >= 15 is 0 Å². The standard InChI is InChI=1S/C17H11BrClNO2S/c18-12-5-1-10(2-6-12)16-14(9-15(21)22)23-17(20-16)11-3-7-13(19)8-4-11/h1-8H,9H2,(H,21,22). The van der Waals surface area contributed by atoms with Crippen molar-refractivity contribution in [3.63, 3.8) is 0 Å². The molecule has 23 heavy (non-hydrogen) atoms. The molecule has 1 aromatic heterocycles. The topological polar surface area (TPSA) is 50.2 Å². The van der Waals surface area contributed by atoms with E-state index in [1.54, 1.807) is 12.1 Å². The van der Waals surface area contributed by atoms with Crippen LogP contribution in [0, 0.1) is 0 Å². The van der Waals surface area contributed by atoms with Gasteiger partial charge in [0.25, 0.3) is 0 Å². The van der Waals surface area contributed by atoms with Gasteiger partial charge in [-0.05, 0) is 24.3 Å². The number of rotatable bonds is 4. The molecule has 2 aromatic carbocycles. The van der Waals surface area contributed by atoms with E-state index in [0.717, 1.165) is 31.2 Å². The second-order valence-electron chi connectivity index (χ2n) is 4.88. The summed E-state index contributed by atoms with van der Waals surface area (Å²) in [5.41, 5.74) is 2.55. The summed E-state index contributed by atoms with van der Waals surface area (Å²) in [6.45, 7) is 0. The molecule has 116 valence electrons. The van der Waals surface area contributed by atoms with Gasteiger partial charge in [-0.3, -0.25) is 4.79 Å². The lowest BCUT2D eigenvalue weighted by atomic mass is 10.1. The number of aromatic nitrogens is 1. The summed E-state index contributed by atoms with van der Waals surface area (Å²) < 4.78 is 0.967. The zero-order chi connectivity index (χ0) is 16.4. The minimum atomic E-state index is -0.866. The van der Waals surface area contributed by atoms with Gasteiger partial charge in [-0.2, -0.15) is 0 Å². The molecular weight excluding hydrogens is 398 g/mol. The molecule has 0 atom stereocenters. The van der Waals surface area contributed by atoms with Gasteiger partial charge < -0.3 is 5.11 Å². The van der Waals surface area contributed by atoms with Crippen LogP contribution in [0.2, 0.25) is 5.02 Å². The van der Waals surface area contributed by atoms with Gasteiger partial charge >= 0.3 is 5.97 Å². The number of thiazole rings is 1. The first kappa shape index (κ1) is 16.2. The van der Waals surface area contributed by atoms with Crippen LogP contribution in [0.1, 0.15) is 4.88 Å². The fraction of sp³-hybridized carbons (Fsp3) is 0.0588. The van der Waals surface area contributed by atoms with Crippen LogP contribution in [-0.2, 0) is 11.2 Å². The van der Waals surface area contributed by atoms with Crippen LogP contribution < -0.4 is 0 Å². The van der Waals surface area contributed by atoms with E-state index in [0.29, 0.717) is 5.02 Å². The Bertz CT molecular complexity index is 844. The van der Waals surface area contributed by atoms with Gasteiger partial charge in [-0.1, -0.05) is 51.8 Å². The maximum Gasteiger partial charge on any atom is 0.308 e. The Kier molecular flexibility index (Phi) is 4.80. The highest BCUT2D eigenvalue weighted by molar-refractivity contribution is 9.10. The van der Waals surface area contributed by atoms with Crippen LogP contribution in [0.15, 0.2) is 53.0 Å². The van der Waals surface area contributed by atoms with Crippen molar-refractivity contribution in [3.8, 4) is 21.8 Å². The number of benzene rings is 2. The predicted octanol–water partition coefficient (Wildman–Crippen LogP) is 5.52. The molecular formula is C17H11BrClNO2S. The van der Waals surface area contributed by atoms with Gasteiger partial charge in [0.05, 0.1) is 12.1 Å². The summed E-state index contributed by atoms with van der Waals surface area (Å²) in [4.78, 5) is 16.6. The first-order valence-corrected chi connectivity index (χ1v) is 8.75. The molecule has 1 N–H and O–H groups in total. The van der Waals surface area contributed by atoms with Gasteiger partial charge in [0.1, 0.15) is 5.01 Å². The predicted molar refractivity (Wildman–Crippen MR) is 97.0 cm³/mol. The van der Waals surface area contributed by atoms with E-state index in [9.17, 15) is 4.79 Å². The second kappa shape index (κ2) is 6.83. The van der Waals surface area contributed by atoms with Crippen LogP contribution in [0.3, 0.4) is 0 Å². The van der Waals surface area contributed by atoms with E-state index in [2.05, 4.69) is 20.9 Å². The van der Waals surface area contributed by atoms with E-state index in [1.807, 2.05) is 36.4 Å². The molecule has 0 aliphatic carbocycles. The summed E-state index contributed by atoms with van der Waals surface area (Å²) in [6.07, 6.45) is -0.0450. The molecule has 0 amide bonds. The number of aliphatic carboxylic acids is 1. The van der Waals surface area contributed by atoms with E-state index < -0.39 is 5.97 Å². The van der Waals surface area contributed by atoms with Gasteiger partial charge in [0, 0.05) is 25.5 Å². The Morgan fingerprint density at radius 2 is 1.70 bits per heavy atom. The third-order valence-electron chi connectivity index (χ3n) is 3.22. The van der Waals surface area contributed by atoms with Crippen molar-refractivity contribution in [2.75, 3.05) is 0 Å². The highest BCUT2D eigenvalue weighted by Crippen LogP contribution is 2.35. The van der Waals surface area contributed by atoms with Crippen molar-refractivity contribution in [1.29, 1.82) is 0 Å². The van der Waals surface area contributed by atoms with Gasteiger partial charge in [0.2, 0.25) is 0 Å². The van der Waals surface area contributed by atoms with Crippen LogP contribution in [0.25, 0.3) is 21.8 Å². The molecule has 0 spiro atoms. The lowest BCUT2D eigenvalue weighted by Crippen LogP contribution is -1.99. The van der Waals surface area contributed by atoms with Gasteiger partial charge in [-0.15, -0.1) is 11.3 Å². The summed E-state index contributed by atoms with van der Waals surface area (Å²) in [6, 6.07) is 15.1. The number of halogens is 2. The van der Waals surface area contributed by atoms with Crippen molar-refractivity contribution >= 4 is 44.8 Å². The first-order chi connectivity index (χ1) is 11.0. The molecule has 0 radical (unpaired) electrons. The van der Waals surface area contributed by atoms with Crippen LogP contribution in [0.4, 0.5) is 0 Å². The molecule has 0 unspecified atom stereocenters. The van der Waals surface area contributed by atoms with E-state index in [-0.39, 0.29) is 6.42 Å². The Balaban J connectivity index is 2.08. The molecule has 0 bridgehead atoms. The highest BCUT2D eigenvalue weighted by Gasteiger charge is 2.16. The maximum atomic E-state index is 11.2. The molecule has 1 heterocycles. The number of nitrogens with zero attached hydrogens (tertiary/aromatic N) is 1. The molecule has 6 heteroatoms. The van der Waals surface area contributed by atoms with Gasteiger partial charge in [-0.25, -0.2) is 4.98 Å². The number of carboxylic acid groups (broad SMARTS) is 1. The third-order valence-corrected chi connectivity index (χ3v) is 5.10. The van der Waals surface area contributed by atoms with Crippen molar-refractivity contribution < 1.29 is 9.90 Å². The minimum Gasteiger partial charge on any atom is -0.481 e. The smallest absolute Gasteiger partial charge is 0.308 e. The van der Waals surface area contributed by atoms with Crippen molar-refractivity contribution in [1.82, 2.24) is 4.98 Å². The average molecular weight is 409 g/mol. The lowest BCUT2D eigenvalue weighted by molar-refractivity contribution is -0.136. The molecule has 0 aliphatic heterocycles. The zero-order valence-corrected chi connectivity index (χ0v) is 15.0. The van der Waals surface area contributed by atoms with Gasteiger partial charge in [0.15, 0.2) is 0 Å². The van der Waals surface area contributed by atoms with E-state index in [1.165, 1.54) is 11.3 Å². The zero-order valence-electron chi connectivity index (χ0n) is 11.8. The normalized spacial score (nSPS) is 10.7. The summed E-state index contributed by atoms with van der Waals surface area (Å²) in [5.74, 6) is -0.866. The molecule has 3 aromatic rings. The highest BCUT2D eigenvalue weighted by atomic mass is 79.9. The van der Waals surface area contributed by atoms with Crippen LogP contribution in [-0.4, -0.2) is 16.1 Å². The molecule has 0 aliphatic rings. The molecule has 0 saturated heterocycles. The SMILES string of the molecule is O=C(O)Cc1sc(-c2ccc(Cl)cc2)nc1-c1ccc(Br)cc1. The van der Waals surface area contributed by atoms with Crippen LogP contribution >= 0.6 is 38.9 Å². The third kappa shape index (κ3) is 3.80. The Morgan fingerprint density at radius 3 is 2.30 bits per heavy atom. The number of carboxylic acids is 1. The summed E-state index contributed by atoms with van der Waals surface area (Å²) in [5, 5.41) is 10.6. The monoisotopic (exact) mass is 407 g/mol. The van der Waals surface area contributed by atoms with E-state index in [4.69, 9.17) is 16.7 Å². The second-order valence-corrected chi connectivity index (χ2v) is 7.31. The number of hydrogen-bond acceptors (Lipinski definition) is 3. The Morgan fingerprint density at radius 1 is 1.09 bits per heavy atom. The van der Waals surface area contributed by atoms with Crippen LogP contribution in [0.5, 0.6) is 0 Å². The Hall–Kier alpha value is -1.69. The number of hydrogen-bond donors (Lipinski definition) is 1. The Labute approximate surface area is 150 Å². The lowest BCUT2D eigenvalue weighted by Gasteiger charge is -2.00. The first-order valence-electron chi connectivity index (χ1n) is 6.76. The fourth-order valence-corrected chi connectivity index (χ4v) is 3.63. The molecule has 3 rings (SSSR count). The molecule has 3 nitrogen and oxygen atoms in total. The molecule has 0 fully saturated rings.